The molecule has 0 bridgehead atoms. The van der Waals surface area contributed by atoms with Crippen LogP contribution in [0.2, 0.25) is 5.82 Å². The molecule has 0 fully saturated rings. The van der Waals surface area contributed by atoms with Crippen LogP contribution >= 0.6 is 0 Å². The van der Waals surface area contributed by atoms with Gasteiger partial charge in [-0.15, -0.1) is 0 Å². The van der Waals surface area contributed by atoms with Gasteiger partial charge in [-0.1, -0.05) is 0 Å². The summed E-state index contributed by atoms with van der Waals surface area (Å²) in [6, 6.07) is 8.75. The first-order chi connectivity index (χ1) is 5.90. The zero-order valence-electron chi connectivity index (χ0n) is 7.29. The second-order valence-electron chi connectivity index (χ2n) is 3.51. The summed E-state index contributed by atoms with van der Waals surface area (Å²) < 4.78 is 0. The molecule has 0 saturated heterocycles. The fourth-order valence-corrected chi connectivity index (χ4v) is 1.93. The molecule has 0 radical (unpaired) electrons. The first kappa shape index (κ1) is 7.79. The van der Waals surface area contributed by atoms with Crippen molar-refractivity contribution >= 4 is 13.4 Å². The van der Waals surface area contributed by atoms with Crippen LogP contribution in [-0.2, 0) is 12.8 Å². The van der Waals surface area contributed by atoms with Gasteiger partial charge in [-0.05, 0) is 0 Å². The first-order valence-electron chi connectivity index (χ1n) is 4.59. The fraction of sp³-hybridized carbons (Fsp3) is 0.364. The maximum absolute atomic E-state index is 3.86. The van der Waals surface area contributed by atoms with Gasteiger partial charge in [0, 0.05) is 0 Å². The Labute approximate surface area is 74.5 Å². The van der Waals surface area contributed by atoms with Crippen LogP contribution in [0.3, 0.4) is 0 Å². The third-order valence-corrected chi connectivity index (χ3v) is 2.72. The normalized spacial score (nSPS) is 21.2. The van der Waals surface area contributed by atoms with Gasteiger partial charge in [0.05, 0.1) is 0 Å². The van der Waals surface area contributed by atoms with Crippen molar-refractivity contribution in [1.29, 1.82) is 0 Å². The Balaban J connectivity index is 2.28. The number of hydrogen-bond acceptors (Lipinski definition) is 0. The van der Waals surface area contributed by atoms with Crippen LogP contribution in [-0.4, -0.2) is 13.4 Å². The Hall–Kier alpha value is -0.845. The van der Waals surface area contributed by atoms with Gasteiger partial charge in [-0.2, -0.15) is 0 Å². The molecule has 0 spiro atoms. The molecule has 2 rings (SSSR count). The summed E-state index contributed by atoms with van der Waals surface area (Å²) >= 11 is 0. The molecular formula is C11H13B. The Morgan fingerprint density at radius 1 is 1.25 bits per heavy atom. The molecule has 0 heterocycles. The summed E-state index contributed by atoms with van der Waals surface area (Å²) in [4.78, 5) is 0. The Morgan fingerprint density at radius 2 is 2.00 bits per heavy atom. The van der Waals surface area contributed by atoms with Crippen LogP contribution in [0.1, 0.15) is 17.5 Å². The molecule has 0 saturated carbocycles. The minimum atomic E-state index is 0.708. The maximum atomic E-state index is 3.86. The van der Waals surface area contributed by atoms with E-state index in [0.717, 1.165) is 0 Å². The molecule has 1 aromatic rings. The molecule has 1 atom stereocenters. The van der Waals surface area contributed by atoms with E-state index >= 15 is 0 Å². The molecule has 0 aromatic heterocycles. The van der Waals surface area contributed by atoms with Crippen LogP contribution in [0.4, 0.5) is 0 Å². The van der Waals surface area contributed by atoms with Crippen molar-refractivity contribution in [3.05, 3.63) is 35.4 Å². The van der Waals surface area contributed by atoms with E-state index in [1.165, 1.54) is 30.4 Å². The summed E-state index contributed by atoms with van der Waals surface area (Å²) in [5, 5.41) is 0. The summed E-state index contributed by atoms with van der Waals surface area (Å²) in [6.07, 6.45) is 3.70. The Bertz CT molecular complexity index is 291. The number of hydrogen-bond donors (Lipinski definition) is 0. The second kappa shape index (κ2) is 3.26. The fourth-order valence-electron chi connectivity index (χ4n) is 1.93. The van der Waals surface area contributed by atoms with Crippen LogP contribution in [0, 0.1) is 0 Å². The number of aryl methyl sites for hydroxylation is 1. The molecule has 0 amide bonds. The van der Waals surface area contributed by atoms with Crippen LogP contribution in [0.15, 0.2) is 24.3 Å². The van der Waals surface area contributed by atoms with Crippen molar-refractivity contribution in [1.82, 2.24) is 0 Å². The molecule has 0 N–H and O–H groups in total. The predicted octanol–water partition coefficient (Wildman–Crippen LogP) is 2.10. The van der Waals surface area contributed by atoms with Crippen molar-refractivity contribution in [3.8, 4) is 0 Å². The molecule has 1 unspecified atom stereocenters. The van der Waals surface area contributed by atoms with Crippen LogP contribution in [0.25, 0.3) is 0 Å². The molecule has 1 aliphatic rings. The average Bonchev–Trinajstić information content (AvgIpc) is 2.17. The van der Waals surface area contributed by atoms with E-state index in [1.54, 1.807) is 0 Å². The summed E-state index contributed by atoms with van der Waals surface area (Å²) in [6.45, 7) is 5.95. The zero-order valence-corrected chi connectivity index (χ0v) is 7.29. The van der Waals surface area contributed by atoms with Gasteiger partial charge in [-0.25, -0.2) is 0 Å². The van der Waals surface area contributed by atoms with E-state index in [-0.39, 0.29) is 0 Å². The van der Waals surface area contributed by atoms with Gasteiger partial charge in [0.15, 0.2) is 0 Å². The monoisotopic (exact) mass is 156 g/mol. The Kier molecular flexibility index (Phi) is 2.12. The molecule has 60 valence electrons. The molecule has 1 aromatic carbocycles. The van der Waals surface area contributed by atoms with Crippen LogP contribution in [0.5, 0.6) is 0 Å². The van der Waals surface area contributed by atoms with Crippen molar-refractivity contribution in [3.63, 3.8) is 0 Å². The van der Waals surface area contributed by atoms with E-state index in [0.29, 0.717) is 5.82 Å². The molecule has 0 nitrogen and oxygen atoms in total. The quantitative estimate of drug-likeness (QED) is 0.546. The first-order valence-corrected chi connectivity index (χ1v) is 4.59. The molecular weight excluding hydrogens is 143 g/mol. The SMILES string of the molecule is C=BC1CCc2ccccc2C1. The van der Waals surface area contributed by atoms with Gasteiger partial charge >= 0.3 is 73.9 Å². The van der Waals surface area contributed by atoms with Crippen molar-refractivity contribution in [2.75, 3.05) is 0 Å². The van der Waals surface area contributed by atoms with Gasteiger partial charge in [0.25, 0.3) is 0 Å². The second-order valence-corrected chi connectivity index (χ2v) is 3.51. The topological polar surface area (TPSA) is 0 Å². The van der Waals surface area contributed by atoms with Crippen molar-refractivity contribution in [2.24, 2.45) is 0 Å². The summed E-state index contributed by atoms with van der Waals surface area (Å²) in [7, 11) is 0. The molecule has 1 aliphatic carbocycles. The van der Waals surface area contributed by atoms with E-state index < -0.39 is 0 Å². The standard InChI is InChI=1S/C11H13B/c1-12-11-7-6-9-4-2-3-5-10(9)8-11/h2-5,11H,1,6-8H2. The third-order valence-electron chi connectivity index (χ3n) is 2.72. The van der Waals surface area contributed by atoms with Crippen molar-refractivity contribution < 1.29 is 0 Å². The number of fused-ring (bicyclic) bond motifs is 1. The Morgan fingerprint density at radius 3 is 2.75 bits per heavy atom. The van der Waals surface area contributed by atoms with Crippen molar-refractivity contribution in [2.45, 2.75) is 25.1 Å². The summed E-state index contributed by atoms with van der Waals surface area (Å²) in [5.41, 5.74) is 3.06. The van der Waals surface area contributed by atoms with Gasteiger partial charge in [0.2, 0.25) is 0 Å². The minimum absolute atomic E-state index is 0.708. The molecule has 1 heteroatoms. The zero-order chi connectivity index (χ0) is 8.39. The number of benzene rings is 1. The van der Waals surface area contributed by atoms with E-state index in [1.807, 2.05) is 0 Å². The predicted molar refractivity (Wildman–Crippen MR) is 55.1 cm³/mol. The van der Waals surface area contributed by atoms with E-state index in [2.05, 4.69) is 37.7 Å². The van der Waals surface area contributed by atoms with E-state index in [9.17, 15) is 0 Å². The molecule has 12 heavy (non-hydrogen) atoms. The third kappa shape index (κ3) is 1.36. The van der Waals surface area contributed by atoms with Gasteiger partial charge < -0.3 is 0 Å². The number of rotatable bonds is 1. The van der Waals surface area contributed by atoms with Gasteiger partial charge in [-0.3, -0.25) is 0 Å². The van der Waals surface area contributed by atoms with Crippen LogP contribution < -0.4 is 0 Å². The van der Waals surface area contributed by atoms with E-state index in [4.69, 9.17) is 0 Å². The molecule has 0 aliphatic heterocycles. The van der Waals surface area contributed by atoms with Gasteiger partial charge in [0.1, 0.15) is 0 Å². The summed E-state index contributed by atoms with van der Waals surface area (Å²) in [5.74, 6) is 0.708. The average molecular weight is 156 g/mol.